The third-order valence-corrected chi connectivity index (χ3v) is 8.20. The molecule has 0 atom stereocenters. The number of ether oxygens (including phenoxy) is 1. The van der Waals surface area contributed by atoms with Crippen molar-refractivity contribution in [3.05, 3.63) is 71.7 Å². The Morgan fingerprint density at radius 1 is 0.947 bits per heavy atom. The molecule has 0 saturated heterocycles. The lowest BCUT2D eigenvalue weighted by Crippen LogP contribution is -2.19. The fourth-order valence-corrected chi connectivity index (χ4v) is 6.21. The van der Waals surface area contributed by atoms with Crippen LogP contribution in [0.2, 0.25) is 0 Å². The fraction of sp³-hybridized carbons (Fsp3) is 0.233. The van der Waals surface area contributed by atoms with Gasteiger partial charge in [0.2, 0.25) is 0 Å². The van der Waals surface area contributed by atoms with E-state index in [1.165, 1.54) is 25.3 Å². The first-order chi connectivity index (χ1) is 18.6. The first-order valence-electron chi connectivity index (χ1n) is 13.0. The topological polar surface area (TPSA) is 79.5 Å². The zero-order valence-electron chi connectivity index (χ0n) is 20.9. The van der Waals surface area contributed by atoms with Crippen LogP contribution >= 0.6 is 11.3 Å². The predicted octanol–water partition coefficient (Wildman–Crippen LogP) is 8.06. The normalized spacial score (nSPS) is 14.5. The number of pyridine rings is 2. The first kappa shape index (κ1) is 23.1. The van der Waals surface area contributed by atoms with Crippen molar-refractivity contribution in [2.24, 2.45) is 0 Å². The van der Waals surface area contributed by atoms with Crippen LogP contribution in [0.4, 0.5) is 4.39 Å². The van der Waals surface area contributed by atoms with Gasteiger partial charge in [0, 0.05) is 39.2 Å². The minimum Gasteiger partial charge on any atom is -0.490 e. The SMILES string of the molecule is Cc1cc(OC2CCCCC2)cc(-c2cnc3[nH]nc(-c4cc5c(-c6ccc(F)s6)cncc5[nH]4)c3c2)c1. The van der Waals surface area contributed by atoms with Gasteiger partial charge in [-0.1, -0.05) is 12.5 Å². The van der Waals surface area contributed by atoms with Gasteiger partial charge >= 0.3 is 0 Å². The minimum atomic E-state index is -0.215. The van der Waals surface area contributed by atoms with Crippen LogP contribution in [0.15, 0.2) is 61.1 Å². The van der Waals surface area contributed by atoms with Gasteiger partial charge < -0.3 is 9.72 Å². The van der Waals surface area contributed by atoms with Crippen LogP contribution in [-0.4, -0.2) is 31.3 Å². The Morgan fingerprint density at radius 3 is 2.68 bits per heavy atom. The Hall–Kier alpha value is -4.04. The van der Waals surface area contributed by atoms with E-state index in [0.717, 1.165) is 84.7 Å². The Bertz CT molecular complexity index is 1780. The first-order valence-corrected chi connectivity index (χ1v) is 13.8. The molecule has 38 heavy (non-hydrogen) atoms. The van der Waals surface area contributed by atoms with Gasteiger partial charge in [-0.25, -0.2) is 4.98 Å². The lowest BCUT2D eigenvalue weighted by molar-refractivity contribution is 0.155. The van der Waals surface area contributed by atoms with Crippen molar-refractivity contribution in [1.29, 1.82) is 0 Å². The van der Waals surface area contributed by atoms with Gasteiger partial charge in [-0.3, -0.25) is 10.1 Å². The molecule has 0 radical (unpaired) electrons. The Kier molecular flexibility index (Phi) is 5.69. The van der Waals surface area contributed by atoms with E-state index in [0.29, 0.717) is 11.8 Å². The summed E-state index contributed by atoms with van der Waals surface area (Å²) in [6.45, 7) is 2.10. The summed E-state index contributed by atoms with van der Waals surface area (Å²) in [6.07, 6.45) is 11.8. The van der Waals surface area contributed by atoms with E-state index in [-0.39, 0.29) is 5.13 Å². The number of aromatic nitrogens is 5. The molecule has 0 aliphatic heterocycles. The van der Waals surface area contributed by atoms with E-state index < -0.39 is 0 Å². The number of nitrogens with one attached hydrogen (secondary N) is 2. The number of aryl methyl sites for hydroxylation is 1. The smallest absolute Gasteiger partial charge is 0.176 e. The second-order valence-electron chi connectivity index (χ2n) is 10.0. The second kappa shape index (κ2) is 9.36. The lowest BCUT2D eigenvalue weighted by Gasteiger charge is -2.23. The van der Waals surface area contributed by atoms with E-state index >= 15 is 0 Å². The number of rotatable bonds is 5. The number of benzene rings is 1. The van der Waals surface area contributed by atoms with Crippen LogP contribution in [0, 0.1) is 12.1 Å². The molecule has 1 aliphatic rings. The van der Waals surface area contributed by atoms with Crippen molar-refractivity contribution >= 4 is 33.3 Å². The number of hydrogen-bond acceptors (Lipinski definition) is 5. The number of hydrogen-bond donors (Lipinski definition) is 2. The molecule has 5 aromatic heterocycles. The van der Waals surface area contributed by atoms with Gasteiger partial charge in [0.1, 0.15) is 11.4 Å². The van der Waals surface area contributed by atoms with E-state index in [2.05, 4.69) is 62.4 Å². The second-order valence-corrected chi connectivity index (χ2v) is 11.1. The van der Waals surface area contributed by atoms with Crippen LogP contribution in [-0.2, 0) is 0 Å². The fourth-order valence-electron chi connectivity index (χ4n) is 5.46. The molecule has 8 heteroatoms. The molecule has 1 aromatic carbocycles. The summed E-state index contributed by atoms with van der Waals surface area (Å²) in [7, 11) is 0. The number of halogens is 1. The van der Waals surface area contributed by atoms with Gasteiger partial charge in [0.15, 0.2) is 10.8 Å². The van der Waals surface area contributed by atoms with E-state index in [1.54, 1.807) is 18.5 Å². The standard InChI is InChI=1S/C30H26FN5OS/c1-17-9-18(11-21(10-17)37-20-5-3-2-4-6-20)19-12-23-29(35-36-30(23)33-14-19)25-13-22-24(15-32-16-26(22)34-25)27-7-8-28(31)38-27/h7-16,20,34H,2-6H2,1H3,(H,33,35,36). The van der Waals surface area contributed by atoms with Crippen molar-refractivity contribution < 1.29 is 9.13 Å². The van der Waals surface area contributed by atoms with Gasteiger partial charge in [0.05, 0.1) is 23.5 Å². The summed E-state index contributed by atoms with van der Waals surface area (Å²) < 4.78 is 20.1. The molecule has 6 aromatic rings. The Balaban J connectivity index is 1.27. The molecule has 0 unspecified atom stereocenters. The summed E-state index contributed by atoms with van der Waals surface area (Å²) in [5.74, 6) is 0.917. The molecule has 1 aliphatic carbocycles. The predicted molar refractivity (Wildman–Crippen MR) is 150 cm³/mol. The van der Waals surface area contributed by atoms with E-state index in [1.807, 2.05) is 6.20 Å². The van der Waals surface area contributed by atoms with Crippen LogP contribution < -0.4 is 4.74 Å². The van der Waals surface area contributed by atoms with Crippen LogP contribution in [0.25, 0.3) is 54.9 Å². The Morgan fingerprint density at radius 2 is 1.84 bits per heavy atom. The highest BCUT2D eigenvalue weighted by Gasteiger charge is 2.18. The van der Waals surface area contributed by atoms with E-state index in [4.69, 9.17) is 4.74 Å². The van der Waals surface area contributed by atoms with Gasteiger partial charge in [-0.2, -0.15) is 9.49 Å². The minimum absolute atomic E-state index is 0.215. The molecular weight excluding hydrogens is 497 g/mol. The molecule has 5 heterocycles. The largest absolute Gasteiger partial charge is 0.490 e. The van der Waals surface area contributed by atoms with Gasteiger partial charge in [-0.15, -0.1) is 11.3 Å². The van der Waals surface area contributed by atoms with Gasteiger partial charge in [0.25, 0.3) is 0 Å². The molecule has 1 saturated carbocycles. The zero-order chi connectivity index (χ0) is 25.6. The zero-order valence-corrected chi connectivity index (χ0v) is 21.7. The lowest BCUT2D eigenvalue weighted by atomic mass is 9.97. The third-order valence-electron chi connectivity index (χ3n) is 7.29. The number of thiophene rings is 1. The highest BCUT2D eigenvalue weighted by molar-refractivity contribution is 7.14. The molecule has 0 spiro atoms. The number of aromatic amines is 2. The number of fused-ring (bicyclic) bond motifs is 2. The Labute approximate surface area is 222 Å². The van der Waals surface area contributed by atoms with Crippen molar-refractivity contribution in [3.8, 4) is 38.7 Å². The van der Waals surface area contributed by atoms with Crippen LogP contribution in [0.5, 0.6) is 5.75 Å². The molecule has 1 fully saturated rings. The molecule has 0 amide bonds. The molecular formula is C30H26FN5OS. The molecule has 6 nitrogen and oxygen atoms in total. The monoisotopic (exact) mass is 523 g/mol. The average molecular weight is 524 g/mol. The molecule has 0 bridgehead atoms. The maximum absolute atomic E-state index is 13.7. The summed E-state index contributed by atoms with van der Waals surface area (Å²) in [4.78, 5) is 13.3. The van der Waals surface area contributed by atoms with Gasteiger partial charge in [-0.05, 0) is 80.1 Å². The van der Waals surface area contributed by atoms with Crippen molar-refractivity contribution in [3.63, 3.8) is 0 Å². The number of H-pyrrole nitrogens is 2. The molecule has 2 N–H and O–H groups in total. The summed E-state index contributed by atoms with van der Waals surface area (Å²) in [5, 5.41) is 9.34. The summed E-state index contributed by atoms with van der Waals surface area (Å²) in [6, 6.07) is 13.8. The number of nitrogens with zero attached hydrogens (tertiary/aromatic N) is 3. The van der Waals surface area contributed by atoms with E-state index in [9.17, 15) is 4.39 Å². The summed E-state index contributed by atoms with van der Waals surface area (Å²) >= 11 is 1.11. The highest BCUT2D eigenvalue weighted by atomic mass is 32.1. The molecule has 7 rings (SSSR count). The maximum Gasteiger partial charge on any atom is 0.176 e. The maximum atomic E-state index is 13.7. The summed E-state index contributed by atoms with van der Waals surface area (Å²) in [5.41, 5.74) is 7.33. The average Bonchev–Trinajstić information content (AvgIpc) is 3.66. The van der Waals surface area contributed by atoms with Crippen molar-refractivity contribution in [2.45, 2.75) is 45.1 Å². The quantitative estimate of drug-likeness (QED) is 0.240. The van der Waals surface area contributed by atoms with Crippen molar-refractivity contribution in [2.75, 3.05) is 0 Å². The molecule has 190 valence electrons. The van der Waals surface area contributed by atoms with Crippen LogP contribution in [0.1, 0.15) is 37.7 Å². The van der Waals surface area contributed by atoms with Crippen LogP contribution in [0.3, 0.4) is 0 Å². The third kappa shape index (κ3) is 4.24. The highest BCUT2D eigenvalue weighted by Crippen LogP contribution is 2.37. The van der Waals surface area contributed by atoms with Crippen molar-refractivity contribution in [1.82, 2.24) is 25.1 Å².